The van der Waals surface area contributed by atoms with Gasteiger partial charge in [-0.15, -0.1) is 0 Å². The van der Waals surface area contributed by atoms with Crippen molar-refractivity contribution in [2.45, 2.75) is 26.7 Å². The Labute approximate surface area is 84.8 Å². The van der Waals surface area contributed by atoms with Gasteiger partial charge in [0.1, 0.15) is 0 Å². The van der Waals surface area contributed by atoms with Crippen LogP contribution in [-0.4, -0.2) is 6.79 Å². The fourth-order valence-corrected chi connectivity index (χ4v) is 1.55. The highest BCUT2D eigenvalue weighted by molar-refractivity contribution is 5.44. The van der Waals surface area contributed by atoms with Crippen molar-refractivity contribution in [2.75, 3.05) is 6.79 Å². The maximum absolute atomic E-state index is 5.32. The second-order valence-electron chi connectivity index (χ2n) is 4.12. The van der Waals surface area contributed by atoms with Gasteiger partial charge in [0.2, 0.25) is 6.79 Å². The van der Waals surface area contributed by atoms with Crippen LogP contribution in [-0.2, 0) is 6.42 Å². The summed E-state index contributed by atoms with van der Waals surface area (Å²) in [6.45, 7) is 4.85. The largest absolute Gasteiger partial charge is 0.454 e. The summed E-state index contributed by atoms with van der Waals surface area (Å²) in [7, 11) is 0. The summed E-state index contributed by atoms with van der Waals surface area (Å²) in [4.78, 5) is 0. The Morgan fingerprint density at radius 3 is 2.79 bits per heavy atom. The summed E-state index contributed by atoms with van der Waals surface area (Å²) in [6.07, 6.45) is 2.34. The molecule has 0 bridgehead atoms. The summed E-state index contributed by atoms with van der Waals surface area (Å²) in [5.41, 5.74) is 1.34. The predicted octanol–water partition coefficient (Wildman–Crippen LogP) is 3.00. The molecule has 0 N–H and O–H groups in total. The van der Waals surface area contributed by atoms with Crippen LogP contribution in [0.1, 0.15) is 25.8 Å². The molecule has 0 aromatic heterocycles. The van der Waals surface area contributed by atoms with E-state index in [0.717, 1.165) is 23.8 Å². The molecule has 2 nitrogen and oxygen atoms in total. The lowest BCUT2D eigenvalue weighted by Gasteiger charge is -2.05. The van der Waals surface area contributed by atoms with Crippen molar-refractivity contribution < 1.29 is 9.47 Å². The number of hydrogen-bond donors (Lipinski definition) is 0. The zero-order valence-corrected chi connectivity index (χ0v) is 8.75. The van der Waals surface area contributed by atoms with Crippen LogP contribution in [0.25, 0.3) is 0 Å². The van der Waals surface area contributed by atoms with E-state index in [9.17, 15) is 0 Å². The molecular weight excluding hydrogens is 176 g/mol. The first-order chi connectivity index (χ1) is 6.75. The number of hydrogen-bond acceptors (Lipinski definition) is 2. The number of aryl methyl sites for hydroxylation is 1. The molecular formula is C12H16O2. The van der Waals surface area contributed by atoms with Crippen molar-refractivity contribution >= 4 is 0 Å². The predicted molar refractivity (Wildman–Crippen MR) is 55.7 cm³/mol. The highest BCUT2D eigenvalue weighted by Gasteiger charge is 2.12. The van der Waals surface area contributed by atoms with E-state index in [0.29, 0.717) is 6.79 Å². The van der Waals surface area contributed by atoms with Crippen LogP contribution in [0.4, 0.5) is 0 Å². The Morgan fingerprint density at radius 2 is 2.00 bits per heavy atom. The van der Waals surface area contributed by atoms with Crippen LogP contribution in [0.5, 0.6) is 11.5 Å². The maximum Gasteiger partial charge on any atom is 0.231 e. The Bertz CT molecular complexity index is 318. The van der Waals surface area contributed by atoms with Gasteiger partial charge in [-0.05, 0) is 36.5 Å². The van der Waals surface area contributed by atoms with Gasteiger partial charge in [-0.25, -0.2) is 0 Å². The molecule has 1 aliphatic heterocycles. The van der Waals surface area contributed by atoms with E-state index in [4.69, 9.17) is 9.47 Å². The molecule has 1 aromatic carbocycles. The lowest BCUT2D eigenvalue weighted by atomic mass is 10.0. The van der Waals surface area contributed by atoms with Crippen LogP contribution in [0.3, 0.4) is 0 Å². The van der Waals surface area contributed by atoms with Gasteiger partial charge in [0.25, 0.3) is 0 Å². The second-order valence-corrected chi connectivity index (χ2v) is 4.12. The lowest BCUT2D eigenvalue weighted by molar-refractivity contribution is 0.174. The minimum Gasteiger partial charge on any atom is -0.454 e. The third-order valence-electron chi connectivity index (χ3n) is 2.45. The van der Waals surface area contributed by atoms with Crippen LogP contribution in [0, 0.1) is 5.92 Å². The molecule has 0 saturated heterocycles. The molecule has 0 atom stereocenters. The van der Waals surface area contributed by atoms with Crippen LogP contribution >= 0.6 is 0 Å². The highest BCUT2D eigenvalue weighted by atomic mass is 16.7. The van der Waals surface area contributed by atoms with Crippen LogP contribution in [0.15, 0.2) is 18.2 Å². The van der Waals surface area contributed by atoms with Gasteiger partial charge < -0.3 is 9.47 Å². The molecule has 1 heterocycles. The molecule has 76 valence electrons. The minimum absolute atomic E-state index is 0.364. The van der Waals surface area contributed by atoms with Gasteiger partial charge in [-0.1, -0.05) is 19.9 Å². The Balaban J connectivity index is 2.05. The number of ether oxygens (including phenoxy) is 2. The molecule has 0 radical (unpaired) electrons. The quantitative estimate of drug-likeness (QED) is 0.733. The molecule has 1 aliphatic rings. The zero-order chi connectivity index (χ0) is 9.97. The lowest BCUT2D eigenvalue weighted by Crippen LogP contribution is -1.93. The normalized spacial score (nSPS) is 13.6. The fraction of sp³-hybridized carbons (Fsp3) is 0.500. The Hall–Kier alpha value is -1.18. The summed E-state index contributed by atoms with van der Waals surface area (Å²) < 4.78 is 10.6. The Kier molecular flexibility index (Phi) is 2.62. The van der Waals surface area contributed by atoms with Gasteiger partial charge in [0.05, 0.1) is 0 Å². The average molecular weight is 192 g/mol. The molecule has 1 aromatic rings. The van der Waals surface area contributed by atoms with E-state index in [1.807, 2.05) is 6.07 Å². The van der Waals surface area contributed by atoms with E-state index < -0.39 is 0 Å². The third-order valence-corrected chi connectivity index (χ3v) is 2.45. The monoisotopic (exact) mass is 192 g/mol. The smallest absolute Gasteiger partial charge is 0.231 e. The molecule has 0 amide bonds. The van der Waals surface area contributed by atoms with Crippen molar-refractivity contribution in [1.82, 2.24) is 0 Å². The van der Waals surface area contributed by atoms with Gasteiger partial charge in [-0.3, -0.25) is 0 Å². The van der Waals surface area contributed by atoms with E-state index in [1.165, 1.54) is 12.0 Å². The van der Waals surface area contributed by atoms with E-state index in [1.54, 1.807) is 0 Å². The van der Waals surface area contributed by atoms with Crippen molar-refractivity contribution in [2.24, 2.45) is 5.92 Å². The second kappa shape index (κ2) is 3.91. The first-order valence-electron chi connectivity index (χ1n) is 5.14. The van der Waals surface area contributed by atoms with E-state index in [-0.39, 0.29) is 0 Å². The van der Waals surface area contributed by atoms with Crippen molar-refractivity contribution in [3.05, 3.63) is 23.8 Å². The van der Waals surface area contributed by atoms with Gasteiger partial charge in [-0.2, -0.15) is 0 Å². The number of benzene rings is 1. The summed E-state index contributed by atoms with van der Waals surface area (Å²) in [6, 6.07) is 6.21. The number of fused-ring (bicyclic) bond motifs is 1. The first-order valence-corrected chi connectivity index (χ1v) is 5.14. The van der Waals surface area contributed by atoms with Gasteiger partial charge >= 0.3 is 0 Å². The van der Waals surface area contributed by atoms with Gasteiger partial charge in [0.15, 0.2) is 11.5 Å². The SMILES string of the molecule is CC(C)CCc1ccc2c(c1)OCO2. The fourth-order valence-electron chi connectivity index (χ4n) is 1.55. The first kappa shape index (κ1) is 9.38. The summed E-state index contributed by atoms with van der Waals surface area (Å²) in [5, 5.41) is 0. The molecule has 0 unspecified atom stereocenters. The maximum atomic E-state index is 5.32. The van der Waals surface area contributed by atoms with Gasteiger partial charge in [0, 0.05) is 0 Å². The summed E-state index contributed by atoms with van der Waals surface area (Å²) >= 11 is 0. The molecule has 2 rings (SSSR count). The third kappa shape index (κ3) is 2.00. The van der Waals surface area contributed by atoms with Crippen molar-refractivity contribution in [3.63, 3.8) is 0 Å². The highest BCUT2D eigenvalue weighted by Crippen LogP contribution is 2.32. The molecule has 2 heteroatoms. The van der Waals surface area contributed by atoms with E-state index >= 15 is 0 Å². The average Bonchev–Trinajstić information content (AvgIpc) is 2.61. The zero-order valence-electron chi connectivity index (χ0n) is 8.75. The molecule has 0 fully saturated rings. The molecule has 0 aliphatic carbocycles. The topological polar surface area (TPSA) is 18.5 Å². The van der Waals surface area contributed by atoms with E-state index in [2.05, 4.69) is 26.0 Å². The van der Waals surface area contributed by atoms with Crippen LogP contribution in [0.2, 0.25) is 0 Å². The minimum atomic E-state index is 0.364. The summed E-state index contributed by atoms with van der Waals surface area (Å²) in [5.74, 6) is 2.52. The van der Waals surface area contributed by atoms with Crippen molar-refractivity contribution in [1.29, 1.82) is 0 Å². The molecule has 14 heavy (non-hydrogen) atoms. The molecule has 0 saturated carbocycles. The molecule has 0 spiro atoms. The number of rotatable bonds is 3. The van der Waals surface area contributed by atoms with Crippen molar-refractivity contribution in [3.8, 4) is 11.5 Å². The Morgan fingerprint density at radius 1 is 1.21 bits per heavy atom. The van der Waals surface area contributed by atoms with Crippen LogP contribution < -0.4 is 9.47 Å². The standard InChI is InChI=1S/C12H16O2/c1-9(2)3-4-10-5-6-11-12(7-10)14-8-13-11/h5-7,9H,3-4,8H2,1-2H3.